The summed E-state index contributed by atoms with van der Waals surface area (Å²) in [6, 6.07) is 16.7. The summed E-state index contributed by atoms with van der Waals surface area (Å²) < 4.78 is 7.11. The van der Waals surface area contributed by atoms with E-state index in [0.29, 0.717) is 34.9 Å². The van der Waals surface area contributed by atoms with Crippen molar-refractivity contribution in [3.8, 4) is 5.75 Å². The molecule has 0 spiro atoms. The fraction of sp³-hybridized carbons (Fsp3) is 0.130. The Morgan fingerprint density at radius 2 is 1.84 bits per heavy atom. The summed E-state index contributed by atoms with van der Waals surface area (Å²) in [6.45, 7) is 2.01. The summed E-state index contributed by atoms with van der Waals surface area (Å²) in [5, 5.41) is 10.7. The van der Waals surface area contributed by atoms with Gasteiger partial charge in [-0.3, -0.25) is 9.59 Å². The summed E-state index contributed by atoms with van der Waals surface area (Å²) >= 11 is 0. The molecule has 2 amide bonds. The maximum atomic E-state index is 12.8. The summed E-state index contributed by atoms with van der Waals surface area (Å²) in [5.41, 5.74) is 3.20. The molecule has 0 aliphatic heterocycles. The van der Waals surface area contributed by atoms with E-state index in [2.05, 4.69) is 20.7 Å². The lowest BCUT2D eigenvalue weighted by Gasteiger charge is -2.12. The minimum atomic E-state index is -0.344. The van der Waals surface area contributed by atoms with Crippen LogP contribution in [0.3, 0.4) is 0 Å². The van der Waals surface area contributed by atoms with Gasteiger partial charge in [-0.05, 0) is 29.8 Å². The van der Waals surface area contributed by atoms with Crippen molar-refractivity contribution >= 4 is 34.2 Å². The number of rotatable bonds is 6. The highest BCUT2D eigenvalue weighted by Gasteiger charge is 2.14. The molecule has 0 saturated heterocycles. The van der Waals surface area contributed by atoms with Gasteiger partial charge in [0.05, 0.1) is 31.1 Å². The molecule has 0 aliphatic rings. The molecule has 0 radical (unpaired) electrons. The molecule has 0 saturated carbocycles. The second kappa shape index (κ2) is 8.66. The van der Waals surface area contributed by atoms with E-state index in [1.165, 1.54) is 20.2 Å². The zero-order chi connectivity index (χ0) is 21.8. The smallest absolute Gasteiger partial charge is 0.257 e. The third-order valence-corrected chi connectivity index (χ3v) is 4.68. The zero-order valence-corrected chi connectivity index (χ0v) is 17.1. The number of amides is 2. The molecule has 2 aromatic carbocycles. The molecule has 8 nitrogen and oxygen atoms in total. The van der Waals surface area contributed by atoms with Crippen molar-refractivity contribution in [3.63, 3.8) is 0 Å². The minimum Gasteiger partial charge on any atom is -0.495 e. The number of carbonyl (C=O) groups excluding carboxylic acids is 2. The Kier molecular flexibility index (Phi) is 5.61. The van der Waals surface area contributed by atoms with E-state index in [1.807, 2.05) is 30.3 Å². The Bertz CT molecular complexity index is 1250. The minimum absolute atomic E-state index is 0.204. The lowest BCUT2D eigenvalue weighted by molar-refractivity contribution is -0.114. The van der Waals surface area contributed by atoms with Crippen LogP contribution < -0.4 is 15.4 Å². The number of benzene rings is 2. The van der Waals surface area contributed by atoms with Gasteiger partial charge in [0.15, 0.2) is 5.65 Å². The number of hydrogen-bond acceptors (Lipinski definition) is 5. The normalized spacial score (nSPS) is 10.6. The maximum absolute atomic E-state index is 12.8. The van der Waals surface area contributed by atoms with Crippen molar-refractivity contribution < 1.29 is 14.3 Å². The zero-order valence-electron chi connectivity index (χ0n) is 17.1. The van der Waals surface area contributed by atoms with Gasteiger partial charge in [0.2, 0.25) is 5.91 Å². The van der Waals surface area contributed by atoms with E-state index in [0.717, 1.165) is 10.9 Å². The van der Waals surface area contributed by atoms with Gasteiger partial charge in [0.25, 0.3) is 5.91 Å². The fourth-order valence-electron chi connectivity index (χ4n) is 3.25. The van der Waals surface area contributed by atoms with E-state index in [4.69, 9.17) is 4.74 Å². The van der Waals surface area contributed by atoms with E-state index in [-0.39, 0.29) is 11.8 Å². The number of nitrogens with zero attached hydrogens (tertiary/aromatic N) is 3. The number of fused-ring (bicyclic) bond motifs is 1. The SMILES string of the molecule is COc1ccc(NC(C)=O)cc1NC(=O)c1cnc2c(cnn2Cc2ccccc2)c1. The first-order valence-corrected chi connectivity index (χ1v) is 9.66. The first kappa shape index (κ1) is 20.1. The lowest BCUT2D eigenvalue weighted by atomic mass is 10.2. The maximum Gasteiger partial charge on any atom is 0.257 e. The number of nitrogens with one attached hydrogen (secondary N) is 2. The fourth-order valence-corrected chi connectivity index (χ4v) is 3.25. The van der Waals surface area contributed by atoms with Gasteiger partial charge in [0.1, 0.15) is 5.75 Å². The Morgan fingerprint density at radius 1 is 1.03 bits per heavy atom. The molecule has 0 fully saturated rings. The van der Waals surface area contributed by atoms with Crippen LogP contribution in [-0.4, -0.2) is 33.7 Å². The Hall–Kier alpha value is -4.20. The average Bonchev–Trinajstić information content (AvgIpc) is 3.16. The number of aromatic nitrogens is 3. The van der Waals surface area contributed by atoms with Crippen LogP contribution in [0.1, 0.15) is 22.8 Å². The largest absolute Gasteiger partial charge is 0.495 e. The monoisotopic (exact) mass is 415 g/mol. The van der Waals surface area contributed by atoms with Crippen molar-refractivity contribution in [2.75, 3.05) is 17.7 Å². The molecule has 31 heavy (non-hydrogen) atoms. The third kappa shape index (κ3) is 4.53. The first-order valence-electron chi connectivity index (χ1n) is 9.66. The van der Waals surface area contributed by atoms with Crippen LogP contribution >= 0.6 is 0 Å². The Labute approximate surface area is 178 Å². The highest BCUT2D eigenvalue weighted by Crippen LogP contribution is 2.28. The number of ether oxygens (including phenoxy) is 1. The van der Waals surface area contributed by atoms with E-state index < -0.39 is 0 Å². The van der Waals surface area contributed by atoms with Gasteiger partial charge in [-0.2, -0.15) is 5.10 Å². The van der Waals surface area contributed by atoms with E-state index in [1.54, 1.807) is 35.1 Å². The summed E-state index contributed by atoms with van der Waals surface area (Å²) in [7, 11) is 1.51. The molecule has 0 atom stereocenters. The highest BCUT2D eigenvalue weighted by molar-refractivity contribution is 6.06. The Morgan fingerprint density at radius 3 is 2.58 bits per heavy atom. The number of anilines is 2. The molecule has 156 valence electrons. The van der Waals surface area contributed by atoms with Crippen LogP contribution in [0.5, 0.6) is 5.75 Å². The molecule has 2 heterocycles. The lowest BCUT2D eigenvalue weighted by Crippen LogP contribution is -2.14. The van der Waals surface area contributed by atoms with Gasteiger partial charge < -0.3 is 15.4 Å². The second-order valence-electron chi connectivity index (χ2n) is 6.98. The average molecular weight is 415 g/mol. The van der Waals surface area contributed by atoms with E-state index in [9.17, 15) is 9.59 Å². The van der Waals surface area contributed by atoms with Crippen molar-refractivity contribution in [1.29, 1.82) is 0 Å². The molecule has 4 aromatic rings. The molecule has 0 bridgehead atoms. The van der Waals surface area contributed by atoms with Gasteiger partial charge in [0, 0.05) is 24.2 Å². The molecule has 8 heteroatoms. The first-order chi connectivity index (χ1) is 15.0. The molecule has 0 unspecified atom stereocenters. The number of methoxy groups -OCH3 is 1. The van der Waals surface area contributed by atoms with Crippen LogP contribution in [0, 0.1) is 0 Å². The Balaban J connectivity index is 1.56. The van der Waals surface area contributed by atoms with Crippen LogP contribution in [0.25, 0.3) is 11.0 Å². The van der Waals surface area contributed by atoms with Crippen LogP contribution in [0.2, 0.25) is 0 Å². The molecule has 2 aromatic heterocycles. The van der Waals surface area contributed by atoms with Gasteiger partial charge >= 0.3 is 0 Å². The number of carbonyl (C=O) groups is 2. The third-order valence-electron chi connectivity index (χ3n) is 4.68. The highest BCUT2D eigenvalue weighted by atomic mass is 16.5. The predicted octanol–water partition coefficient (Wildman–Crippen LogP) is 3.70. The van der Waals surface area contributed by atoms with Crippen molar-refractivity contribution in [3.05, 3.63) is 78.1 Å². The molecular formula is C23H21N5O3. The molecular weight excluding hydrogens is 394 g/mol. The van der Waals surface area contributed by atoms with Crippen molar-refractivity contribution in [1.82, 2.24) is 14.8 Å². The summed E-state index contributed by atoms with van der Waals surface area (Å²) in [5.74, 6) is -0.0692. The van der Waals surface area contributed by atoms with Gasteiger partial charge in [-0.25, -0.2) is 9.67 Å². The number of pyridine rings is 1. The van der Waals surface area contributed by atoms with Crippen LogP contribution in [0.15, 0.2) is 67.0 Å². The second-order valence-corrected chi connectivity index (χ2v) is 6.98. The van der Waals surface area contributed by atoms with Crippen LogP contribution in [0.4, 0.5) is 11.4 Å². The molecule has 0 aliphatic carbocycles. The molecule has 2 N–H and O–H groups in total. The number of hydrogen-bond donors (Lipinski definition) is 2. The van der Waals surface area contributed by atoms with Gasteiger partial charge in [-0.15, -0.1) is 0 Å². The predicted molar refractivity (Wildman–Crippen MR) is 118 cm³/mol. The van der Waals surface area contributed by atoms with Crippen molar-refractivity contribution in [2.45, 2.75) is 13.5 Å². The molecule has 4 rings (SSSR count). The summed E-state index contributed by atoms with van der Waals surface area (Å²) in [4.78, 5) is 28.6. The topological polar surface area (TPSA) is 98.1 Å². The quantitative estimate of drug-likeness (QED) is 0.500. The summed E-state index contributed by atoms with van der Waals surface area (Å²) in [6.07, 6.45) is 3.21. The van der Waals surface area contributed by atoms with Gasteiger partial charge in [-0.1, -0.05) is 30.3 Å². The van der Waals surface area contributed by atoms with Crippen LogP contribution in [-0.2, 0) is 11.3 Å². The standard InChI is InChI=1S/C23H21N5O3/c1-15(29)26-19-8-9-21(31-2)20(11-19)27-23(30)18-10-17-13-25-28(22(17)24-12-18)14-16-6-4-3-5-7-16/h3-13H,14H2,1-2H3,(H,26,29)(H,27,30). The van der Waals surface area contributed by atoms with Crippen molar-refractivity contribution in [2.24, 2.45) is 0 Å². The van der Waals surface area contributed by atoms with E-state index >= 15 is 0 Å².